The van der Waals surface area contributed by atoms with Crippen molar-refractivity contribution >= 4 is 23.0 Å². The molecule has 0 spiro atoms. The number of halogens is 1. The van der Waals surface area contributed by atoms with Crippen molar-refractivity contribution in [1.82, 2.24) is 14.6 Å². The lowest BCUT2D eigenvalue weighted by Gasteiger charge is -2.25. The van der Waals surface area contributed by atoms with Gasteiger partial charge in [-0.25, -0.2) is 9.50 Å². The van der Waals surface area contributed by atoms with E-state index in [1.807, 2.05) is 48.7 Å². The smallest absolute Gasteiger partial charge is 0.166 e. The van der Waals surface area contributed by atoms with Gasteiger partial charge in [-0.2, -0.15) is 5.10 Å². The normalized spacial score (nSPS) is 15.5. The molecule has 2 aromatic carbocycles. The number of carbonyl (C=O) groups excluding carboxylic acids is 1. The van der Waals surface area contributed by atoms with Crippen LogP contribution in [0.3, 0.4) is 0 Å². The van der Waals surface area contributed by atoms with E-state index in [9.17, 15) is 4.79 Å². The highest BCUT2D eigenvalue weighted by molar-refractivity contribution is 6.30. The molecule has 168 valence electrons. The van der Waals surface area contributed by atoms with Crippen molar-refractivity contribution in [3.05, 3.63) is 76.2 Å². The van der Waals surface area contributed by atoms with E-state index in [0.717, 1.165) is 51.6 Å². The average Bonchev–Trinajstić information content (AvgIpc) is 3.20. The fraction of sp³-hybridized carbons (Fsp3) is 0.269. The second-order valence-electron chi connectivity index (χ2n) is 8.19. The van der Waals surface area contributed by atoms with Gasteiger partial charge in [0.2, 0.25) is 0 Å². The van der Waals surface area contributed by atoms with E-state index < -0.39 is 0 Å². The van der Waals surface area contributed by atoms with E-state index in [-0.39, 0.29) is 11.7 Å². The van der Waals surface area contributed by atoms with Gasteiger partial charge in [0.1, 0.15) is 11.5 Å². The highest BCUT2D eigenvalue weighted by Gasteiger charge is 2.31. The van der Waals surface area contributed by atoms with Crippen LogP contribution >= 0.6 is 11.6 Å². The van der Waals surface area contributed by atoms with Crippen molar-refractivity contribution in [1.29, 1.82) is 0 Å². The minimum atomic E-state index is -0.0200. The second-order valence-corrected chi connectivity index (χ2v) is 8.62. The first kappa shape index (κ1) is 21.5. The Morgan fingerprint density at radius 1 is 1.09 bits per heavy atom. The molecule has 0 saturated heterocycles. The van der Waals surface area contributed by atoms with Crippen LogP contribution in [0.1, 0.15) is 46.6 Å². The number of ketones is 1. The maximum atomic E-state index is 13.1. The molecule has 1 unspecified atom stereocenters. The van der Waals surface area contributed by atoms with Gasteiger partial charge in [-0.3, -0.25) is 4.79 Å². The van der Waals surface area contributed by atoms with Crippen LogP contribution in [-0.4, -0.2) is 34.6 Å². The molecule has 0 bridgehead atoms. The summed E-state index contributed by atoms with van der Waals surface area (Å²) in [5, 5.41) is 5.41. The Labute approximate surface area is 197 Å². The molecule has 2 heterocycles. The van der Waals surface area contributed by atoms with Crippen molar-refractivity contribution in [2.24, 2.45) is 0 Å². The number of benzene rings is 2. The minimum Gasteiger partial charge on any atom is -0.497 e. The Morgan fingerprint density at radius 3 is 2.58 bits per heavy atom. The molecule has 5 rings (SSSR count). The summed E-state index contributed by atoms with van der Waals surface area (Å²) in [6, 6.07) is 13.4. The number of carbonyl (C=O) groups is 1. The molecule has 0 aliphatic heterocycles. The van der Waals surface area contributed by atoms with Crippen LogP contribution in [0, 0.1) is 0 Å². The summed E-state index contributed by atoms with van der Waals surface area (Å²) >= 11 is 6.10. The van der Waals surface area contributed by atoms with Gasteiger partial charge in [0, 0.05) is 35.2 Å². The van der Waals surface area contributed by atoms with Crippen LogP contribution in [-0.2, 0) is 12.8 Å². The number of hydrogen-bond acceptors (Lipinski definition) is 5. The number of nitrogens with zero attached hydrogens (tertiary/aromatic N) is 3. The third-order valence-electron chi connectivity index (χ3n) is 6.28. The van der Waals surface area contributed by atoms with Gasteiger partial charge in [0.15, 0.2) is 11.4 Å². The zero-order valence-electron chi connectivity index (χ0n) is 18.8. The summed E-state index contributed by atoms with van der Waals surface area (Å²) in [6.07, 6.45) is 3.63. The van der Waals surface area contributed by atoms with Crippen molar-refractivity contribution in [3.63, 3.8) is 0 Å². The van der Waals surface area contributed by atoms with Gasteiger partial charge in [0.25, 0.3) is 0 Å². The molecule has 1 aliphatic rings. The largest absolute Gasteiger partial charge is 0.497 e. The number of methoxy groups -OCH3 is 2. The third kappa shape index (κ3) is 3.74. The molecule has 1 aliphatic carbocycles. The van der Waals surface area contributed by atoms with E-state index in [0.29, 0.717) is 23.4 Å². The monoisotopic (exact) mass is 461 g/mol. The average molecular weight is 462 g/mol. The van der Waals surface area contributed by atoms with Crippen LogP contribution in [0.25, 0.3) is 16.8 Å². The summed E-state index contributed by atoms with van der Waals surface area (Å²) in [4.78, 5) is 18.1. The quantitative estimate of drug-likeness (QED) is 0.390. The Balaban J connectivity index is 1.62. The van der Waals surface area contributed by atoms with Crippen LogP contribution < -0.4 is 9.47 Å². The van der Waals surface area contributed by atoms with Gasteiger partial charge in [-0.1, -0.05) is 36.7 Å². The van der Waals surface area contributed by atoms with Gasteiger partial charge in [0.05, 0.1) is 31.2 Å². The lowest BCUT2D eigenvalue weighted by atomic mass is 9.81. The van der Waals surface area contributed by atoms with E-state index in [4.69, 9.17) is 31.2 Å². The molecule has 0 saturated carbocycles. The zero-order valence-corrected chi connectivity index (χ0v) is 19.5. The van der Waals surface area contributed by atoms with Crippen molar-refractivity contribution < 1.29 is 14.3 Å². The summed E-state index contributed by atoms with van der Waals surface area (Å²) in [7, 11) is 3.26. The predicted octanol–water partition coefficient (Wildman–Crippen LogP) is 5.54. The maximum absolute atomic E-state index is 13.1. The van der Waals surface area contributed by atoms with Crippen LogP contribution in [0.2, 0.25) is 5.02 Å². The highest BCUT2D eigenvalue weighted by atomic mass is 35.5. The lowest BCUT2D eigenvalue weighted by Crippen LogP contribution is -2.21. The van der Waals surface area contributed by atoms with Crippen LogP contribution in [0.4, 0.5) is 0 Å². The standard InChI is InChI=1S/C26H24ClN3O3/c1-4-21-25(15-5-7-17(27)8-6-15)26-28-22-11-16(12-23(31)20(22)14-30(26)29-21)19-10-9-18(32-2)13-24(19)33-3/h5-10,13-14,16H,4,11-12H2,1-3H3. The van der Waals surface area contributed by atoms with Gasteiger partial charge < -0.3 is 9.47 Å². The summed E-state index contributed by atoms with van der Waals surface area (Å²) in [6.45, 7) is 2.07. The van der Waals surface area contributed by atoms with Gasteiger partial charge in [-0.05, 0) is 42.2 Å². The first-order valence-corrected chi connectivity index (χ1v) is 11.3. The number of ether oxygens (including phenoxy) is 2. The molecule has 6 nitrogen and oxygen atoms in total. The first-order chi connectivity index (χ1) is 16.0. The molecule has 1 atom stereocenters. The molecule has 0 radical (unpaired) electrons. The summed E-state index contributed by atoms with van der Waals surface area (Å²) < 4.78 is 12.7. The Bertz CT molecular complexity index is 1360. The Hall–Kier alpha value is -3.38. The third-order valence-corrected chi connectivity index (χ3v) is 6.53. The van der Waals surface area contributed by atoms with Crippen molar-refractivity contribution in [2.75, 3.05) is 14.2 Å². The Morgan fingerprint density at radius 2 is 1.88 bits per heavy atom. The molecular weight excluding hydrogens is 438 g/mol. The molecule has 2 aromatic heterocycles. The first-order valence-electron chi connectivity index (χ1n) is 10.9. The number of Topliss-reactive ketones (excluding diaryl/α,β-unsaturated/α-hetero) is 1. The number of aryl methyl sites for hydroxylation is 1. The number of fused-ring (bicyclic) bond motifs is 2. The summed E-state index contributed by atoms with van der Waals surface area (Å²) in [5.74, 6) is 1.48. The fourth-order valence-corrected chi connectivity index (χ4v) is 4.74. The fourth-order valence-electron chi connectivity index (χ4n) is 4.62. The second kappa shape index (κ2) is 8.52. The van der Waals surface area contributed by atoms with Crippen LogP contribution in [0.5, 0.6) is 11.5 Å². The molecule has 0 amide bonds. The molecular formula is C26H24ClN3O3. The topological polar surface area (TPSA) is 65.7 Å². The molecule has 33 heavy (non-hydrogen) atoms. The predicted molar refractivity (Wildman–Crippen MR) is 128 cm³/mol. The van der Waals surface area contributed by atoms with E-state index in [1.54, 1.807) is 18.7 Å². The minimum absolute atomic E-state index is 0.0200. The summed E-state index contributed by atoms with van der Waals surface area (Å²) in [5.41, 5.74) is 6.09. The molecule has 7 heteroatoms. The van der Waals surface area contributed by atoms with E-state index >= 15 is 0 Å². The van der Waals surface area contributed by atoms with E-state index in [2.05, 4.69) is 6.92 Å². The number of aromatic nitrogens is 3. The highest BCUT2D eigenvalue weighted by Crippen LogP contribution is 2.39. The maximum Gasteiger partial charge on any atom is 0.166 e. The number of hydrogen-bond donors (Lipinski definition) is 0. The molecule has 0 fully saturated rings. The Kier molecular flexibility index (Phi) is 5.54. The number of rotatable bonds is 5. The zero-order chi connectivity index (χ0) is 23.1. The van der Waals surface area contributed by atoms with E-state index in [1.165, 1.54) is 0 Å². The van der Waals surface area contributed by atoms with Crippen LogP contribution in [0.15, 0.2) is 48.7 Å². The van der Waals surface area contributed by atoms with Crippen molar-refractivity contribution in [3.8, 4) is 22.6 Å². The SMILES string of the molecule is CCc1nn2cc3c(nc2c1-c1ccc(Cl)cc1)CC(c1ccc(OC)cc1OC)CC3=O. The van der Waals surface area contributed by atoms with Gasteiger partial charge in [-0.15, -0.1) is 0 Å². The molecule has 0 N–H and O–H groups in total. The van der Waals surface area contributed by atoms with Gasteiger partial charge >= 0.3 is 0 Å². The molecule has 4 aromatic rings. The lowest BCUT2D eigenvalue weighted by molar-refractivity contribution is 0.0962. The van der Waals surface area contributed by atoms with Crippen molar-refractivity contribution in [2.45, 2.75) is 32.1 Å².